The summed E-state index contributed by atoms with van der Waals surface area (Å²) in [6, 6.07) is -0.552. The van der Waals surface area contributed by atoms with Gasteiger partial charge in [-0.25, -0.2) is 4.98 Å². The summed E-state index contributed by atoms with van der Waals surface area (Å²) in [5.74, 6) is -0.921. The third-order valence-corrected chi connectivity index (χ3v) is 1.75. The van der Waals surface area contributed by atoms with Gasteiger partial charge in [-0.05, 0) is 0 Å². The summed E-state index contributed by atoms with van der Waals surface area (Å²) in [5.41, 5.74) is 0.769. The van der Waals surface area contributed by atoms with E-state index in [4.69, 9.17) is 16.7 Å². The van der Waals surface area contributed by atoms with Crippen molar-refractivity contribution in [2.75, 3.05) is 6.00 Å². The molecule has 0 saturated heterocycles. The van der Waals surface area contributed by atoms with Crippen molar-refractivity contribution >= 4 is 17.6 Å². The van der Waals surface area contributed by atoms with Gasteiger partial charge in [0.2, 0.25) is 0 Å². The normalized spacial score (nSPS) is 12.7. The Hall–Kier alpha value is -1.07. The van der Waals surface area contributed by atoms with E-state index in [-0.39, 0.29) is 6.00 Å². The van der Waals surface area contributed by atoms with Crippen LogP contribution in [0.15, 0.2) is 12.5 Å². The molecule has 0 aliphatic heterocycles. The fourth-order valence-corrected chi connectivity index (χ4v) is 1.14. The number of H-pyrrole nitrogens is 1. The molecule has 3 N–H and O–H groups in total. The number of rotatable bonds is 5. The summed E-state index contributed by atoms with van der Waals surface area (Å²) >= 11 is 5.38. The van der Waals surface area contributed by atoms with Gasteiger partial charge in [0, 0.05) is 18.3 Å². The fraction of sp³-hybridized carbons (Fsp3) is 0.429. The van der Waals surface area contributed by atoms with Crippen LogP contribution in [0.1, 0.15) is 5.69 Å². The Balaban J connectivity index is 2.52. The van der Waals surface area contributed by atoms with Crippen LogP contribution in [0, 0.1) is 0 Å². The highest BCUT2D eigenvalue weighted by Crippen LogP contribution is 1.98. The van der Waals surface area contributed by atoms with Gasteiger partial charge < -0.3 is 10.1 Å². The number of imidazole rings is 1. The van der Waals surface area contributed by atoms with Crippen molar-refractivity contribution in [2.24, 2.45) is 0 Å². The molecule has 72 valence electrons. The average Bonchev–Trinajstić information content (AvgIpc) is 2.56. The maximum atomic E-state index is 10.7. The molecule has 0 radical (unpaired) electrons. The molecule has 0 saturated carbocycles. The average molecular weight is 204 g/mol. The number of carbonyl (C=O) groups is 1. The van der Waals surface area contributed by atoms with Gasteiger partial charge in [0.05, 0.1) is 12.3 Å². The zero-order chi connectivity index (χ0) is 9.68. The lowest BCUT2D eigenvalue weighted by Crippen LogP contribution is -2.37. The van der Waals surface area contributed by atoms with Crippen molar-refractivity contribution in [3.8, 4) is 0 Å². The van der Waals surface area contributed by atoms with Crippen molar-refractivity contribution in [3.63, 3.8) is 0 Å². The Morgan fingerprint density at radius 3 is 3.08 bits per heavy atom. The van der Waals surface area contributed by atoms with E-state index in [0.717, 1.165) is 5.69 Å². The molecule has 1 heterocycles. The molecule has 0 unspecified atom stereocenters. The first-order chi connectivity index (χ1) is 6.24. The Labute approximate surface area is 80.1 Å². The first kappa shape index (κ1) is 10.0. The maximum Gasteiger partial charge on any atom is 0.321 e. The Morgan fingerprint density at radius 1 is 1.85 bits per heavy atom. The van der Waals surface area contributed by atoms with Gasteiger partial charge in [-0.3, -0.25) is 10.1 Å². The number of aliphatic carboxylic acids is 1. The van der Waals surface area contributed by atoms with Gasteiger partial charge in [-0.2, -0.15) is 0 Å². The summed E-state index contributed by atoms with van der Waals surface area (Å²) in [4.78, 5) is 17.3. The van der Waals surface area contributed by atoms with E-state index >= 15 is 0 Å². The topological polar surface area (TPSA) is 78.0 Å². The third kappa shape index (κ3) is 3.04. The van der Waals surface area contributed by atoms with Crippen LogP contribution in [0.4, 0.5) is 0 Å². The van der Waals surface area contributed by atoms with E-state index in [0.29, 0.717) is 6.42 Å². The number of alkyl halides is 1. The number of hydrogen-bond acceptors (Lipinski definition) is 3. The number of nitrogens with one attached hydrogen (secondary N) is 2. The third-order valence-electron chi connectivity index (χ3n) is 1.60. The van der Waals surface area contributed by atoms with Gasteiger partial charge in [0.1, 0.15) is 6.04 Å². The number of halogens is 1. The van der Waals surface area contributed by atoms with Crippen molar-refractivity contribution in [1.29, 1.82) is 0 Å². The van der Waals surface area contributed by atoms with Gasteiger partial charge in [0.25, 0.3) is 0 Å². The molecule has 0 aliphatic rings. The molecule has 13 heavy (non-hydrogen) atoms. The molecule has 1 aromatic rings. The van der Waals surface area contributed by atoms with E-state index in [2.05, 4.69) is 15.3 Å². The maximum absolute atomic E-state index is 10.7. The summed E-state index contributed by atoms with van der Waals surface area (Å²) in [6.45, 7) is 0. The lowest BCUT2D eigenvalue weighted by molar-refractivity contribution is -0.139. The molecule has 0 aromatic carbocycles. The van der Waals surface area contributed by atoms with E-state index in [1.165, 1.54) is 6.33 Å². The van der Waals surface area contributed by atoms with Crippen LogP contribution < -0.4 is 5.32 Å². The first-order valence-corrected chi connectivity index (χ1v) is 4.27. The number of aromatic nitrogens is 2. The van der Waals surface area contributed by atoms with Crippen molar-refractivity contribution < 1.29 is 9.90 Å². The molecule has 1 aromatic heterocycles. The number of hydrogen-bond donors (Lipinski definition) is 3. The van der Waals surface area contributed by atoms with Crippen molar-refractivity contribution in [2.45, 2.75) is 12.5 Å². The van der Waals surface area contributed by atoms with E-state index < -0.39 is 12.0 Å². The van der Waals surface area contributed by atoms with Gasteiger partial charge in [-0.1, -0.05) is 0 Å². The Morgan fingerprint density at radius 2 is 2.62 bits per heavy atom. The summed E-state index contributed by atoms with van der Waals surface area (Å²) in [7, 11) is 0. The smallest absolute Gasteiger partial charge is 0.321 e. The molecule has 0 amide bonds. The largest absolute Gasteiger partial charge is 0.480 e. The molecule has 0 aliphatic carbocycles. The molecule has 0 bridgehead atoms. The van der Waals surface area contributed by atoms with E-state index in [9.17, 15) is 4.79 Å². The molecule has 0 fully saturated rings. The van der Waals surface area contributed by atoms with Crippen molar-refractivity contribution in [3.05, 3.63) is 18.2 Å². The highest BCUT2D eigenvalue weighted by molar-refractivity contribution is 6.17. The minimum atomic E-state index is -0.921. The molecular formula is C7H10ClN3O2. The fourth-order valence-electron chi connectivity index (χ4n) is 0.956. The highest BCUT2D eigenvalue weighted by Gasteiger charge is 2.16. The molecule has 0 spiro atoms. The van der Waals surface area contributed by atoms with E-state index in [1.807, 2.05) is 0 Å². The Kier molecular flexibility index (Phi) is 3.72. The first-order valence-electron chi connectivity index (χ1n) is 3.73. The lowest BCUT2D eigenvalue weighted by Gasteiger charge is -2.10. The van der Waals surface area contributed by atoms with Gasteiger partial charge >= 0.3 is 5.97 Å². The minimum Gasteiger partial charge on any atom is -0.480 e. The standard InChI is InChI=1S/C7H10ClN3O2/c8-3-10-6(7(12)13)1-5-2-9-4-11-5/h2,4,6,10H,1,3H2,(H,9,11)(H,12,13)/t6-/m0/s1. The summed E-state index contributed by atoms with van der Waals surface area (Å²) in [5, 5.41) is 11.4. The SMILES string of the molecule is O=C(O)[C@H](Cc1cnc[nH]1)NCCl. The molecule has 1 atom stereocenters. The van der Waals surface area contributed by atoms with Crippen LogP contribution >= 0.6 is 11.6 Å². The quantitative estimate of drug-likeness (QED) is 0.472. The van der Waals surface area contributed by atoms with Gasteiger partial charge in [0.15, 0.2) is 0 Å². The second-order valence-corrected chi connectivity index (χ2v) is 2.78. The molecule has 5 nitrogen and oxygen atoms in total. The van der Waals surface area contributed by atoms with Crippen LogP contribution in [0.2, 0.25) is 0 Å². The van der Waals surface area contributed by atoms with Crippen LogP contribution in [0.3, 0.4) is 0 Å². The van der Waals surface area contributed by atoms with Gasteiger partial charge in [-0.15, -0.1) is 11.6 Å². The lowest BCUT2D eigenvalue weighted by atomic mass is 10.2. The van der Waals surface area contributed by atoms with Crippen LogP contribution in [-0.2, 0) is 11.2 Å². The predicted molar refractivity (Wildman–Crippen MR) is 47.6 cm³/mol. The second kappa shape index (κ2) is 4.84. The molecular weight excluding hydrogens is 194 g/mol. The minimum absolute atomic E-state index is 0.116. The summed E-state index contributed by atoms with van der Waals surface area (Å²) < 4.78 is 0. The zero-order valence-electron chi connectivity index (χ0n) is 6.83. The number of aromatic amines is 1. The van der Waals surface area contributed by atoms with Crippen molar-refractivity contribution in [1.82, 2.24) is 15.3 Å². The molecule has 1 rings (SSSR count). The highest BCUT2D eigenvalue weighted by atomic mass is 35.5. The van der Waals surface area contributed by atoms with E-state index in [1.54, 1.807) is 6.20 Å². The molecule has 6 heteroatoms. The number of nitrogens with zero attached hydrogens (tertiary/aromatic N) is 1. The monoisotopic (exact) mass is 203 g/mol. The predicted octanol–water partition coefficient (Wildman–Crippen LogP) is 0.191. The van der Waals surface area contributed by atoms with Crippen LogP contribution in [0.5, 0.6) is 0 Å². The Bertz CT molecular complexity index is 263. The van der Waals surface area contributed by atoms with Crippen LogP contribution in [0.25, 0.3) is 0 Å². The second-order valence-electron chi connectivity index (χ2n) is 2.51. The summed E-state index contributed by atoms with van der Waals surface area (Å²) in [6.07, 6.45) is 3.45. The van der Waals surface area contributed by atoms with Crippen LogP contribution in [-0.4, -0.2) is 33.1 Å². The number of carboxylic acids is 1. The zero-order valence-corrected chi connectivity index (χ0v) is 7.58. The number of carboxylic acid groups (broad SMARTS) is 1.